The molecular formula is C14H13INO3-. The van der Waals surface area contributed by atoms with E-state index in [1.807, 2.05) is 18.2 Å². The van der Waals surface area contributed by atoms with Gasteiger partial charge in [-0.1, -0.05) is 12.2 Å². The smallest absolute Gasteiger partial charge is 0.228 e. The van der Waals surface area contributed by atoms with E-state index in [4.69, 9.17) is 0 Å². The van der Waals surface area contributed by atoms with Crippen LogP contribution in [0.15, 0.2) is 36.4 Å². The van der Waals surface area contributed by atoms with Gasteiger partial charge in [-0.2, -0.15) is 0 Å². The number of carboxylic acid groups (broad SMARTS) is 1. The van der Waals surface area contributed by atoms with Gasteiger partial charge in [0.2, 0.25) is 5.91 Å². The molecule has 1 aliphatic carbocycles. The summed E-state index contributed by atoms with van der Waals surface area (Å²) < 4.78 is 1.07. The van der Waals surface area contributed by atoms with Gasteiger partial charge in [0.05, 0.1) is 5.92 Å². The first kappa shape index (κ1) is 14.0. The Morgan fingerprint density at radius 3 is 2.26 bits per heavy atom. The number of halogens is 1. The predicted molar refractivity (Wildman–Crippen MR) is 78.1 cm³/mol. The summed E-state index contributed by atoms with van der Waals surface area (Å²) in [4.78, 5) is 23.2. The maximum Gasteiger partial charge on any atom is 0.228 e. The lowest BCUT2D eigenvalue weighted by atomic mass is 9.82. The molecule has 0 saturated heterocycles. The Morgan fingerprint density at radius 1 is 1.11 bits per heavy atom. The van der Waals surface area contributed by atoms with E-state index in [2.05, 4.69) is 27.9 Å². The Bertz CT molecular complexity index is 510. The highest BCUT2D eigenvalue weighted by atomic mass is 127. The third kappa shape index (κ3) is 3.56. The highest BCUT2D eigenvalue weighted by Crippen LogP contribution is 2.26. The molecule has 1 amide bonds. The molecule has 5 heteroatoms. The molecule has 0 aromatic heterocycles. The van der Waals surface area contributed by atoms with Crippen molar-refractivity contribution in [3.05, 3.63) is 40.0 Å². The zero-order valence-electron chi connectivity index (χ0n) is 10.1. The third-order valence-electron chi connectivity index (χ3n) is 3.18. The van der Waals surface area contributed by atoms with Crippen LogP contribution < -0.4 is 10.4 Å². The van der Waals surface area contributed by atoms with Gasteiger partial charge < -0.3 is 15.2 Å². The van der Waals surface area contributed by atoms with Gasteiger partial charge in [-0.05, 0) is 59.7 Å². The Hall–Kier alpha value is -1.37. The van der Waals surface area contributed by atoms with Crippen LogP contribution >= 0.6 is 22.6 Å². The van der Waals surface area contributed by atoms with Crippen molar-refractivity contribution in [1.82, 2.24) is 0 Å². The molecule has 19 heavy (non-hydrogen) atoms. The zero-order chi connectivity index (χ0) is 13.8. The van der Waals surface area contributed by atoms with Gasteiger partial charge in [-0.15, -0.1) is 0 Å². The third-order valence-corrected chi connectivity index (χ3v) is 3.90. The number of allylic oxidation sites excluding steroid dienone is 2. The standard InChI is InChI=1S/C14H14INO3/c15-9-5-7-10(8-6-9)16-13(17)11-3-1-2-4-12(11)14(18)19/h1-2,5-8,11-12H,3-4H2,(H,16,17)(H,18,19)/p-1/t11-,12-/m1/s1. The molecule has 2 rings (SSSR count). The van der Waals surface area contributed by atoms with Crippen LogP contribution in [-0.2, 0) is 9.59 Å². The first-order valence-corrected chi connectivity index (χ1v) is 7.08. The number of nitrogens with one attached hydrogen (secondary N) is 1. The SMILES string of the molecule is O=C([O-])[C@@H]1CC=CC[C@H]1C(=O)Nc1ccc(I)cc1. The molecule has 0 fully saturated rings. The normalized spacial score (nSPS) is 21.9. The molecule has 0 bridgehead atoms. The molecule has 0 radical (unpaired) electrons. The molecule has 1 aromatic rings. The summed E-state index contributed by atoms with van der Waals surface area (Å²) in [6.45, 7) is 0. The fourth-order valence-electron chi connectivity index (χ4n) is 2.13. The lowest BCUT2D eigenvalue weighted by molar-refractivity contribution is -0.313. The maximum absolute atomic E-state index is 12.1. The second kappa shape index (κ2) is 6.18. The van der Waals surface area contributed by atoms with Crippen molar-refractivity contribution in [1.29, 1.82) is 0 Å². The number of carbonyl (C=O) groups excluding carboxylic acids is 2. The number of amides is 1. The average Bonchev–Trinajstić information content (AvgIpc) is 2.41. The minimum atomic E-state index is -1.16. The predicted octanol–water partition coefficient (Wildman–Crippen LogP) is 1.56. The number of hydrogen-bond donors (Lipinski definition) is 1. The number of anilines is 1. The van der Waals surface area contributed by atoms with Crippen LogP contribution in [0, 0.1) is 15.4 Å². The fourth-order valence-corrected chi connectivity index (χ4v) is 2.49. The molecule has 1 N–H and O–H groups in total. The summed E-state index contributed by atoms with van der Waals surface area (Å²) in [6, 6.07) is 7.36. The van der Waals surface area contributed by atoms with Crippen LogP contribution in [0.25, 0.3) is 0 Å². The van der Waals surface area contributed by atoms with Crippen molar-refractivity contribution in [3.8, 4) is 0 Å². The van der Waals surface area contributed by atoms with Crippen LogP contribution in [0.1, 0.15) is 12.8 Å². The van der Waals surface area contributed by atoms with Crippen molar-refractivity contribution in [2.45, 2.75) is 12.8 Å². The molecule has 2 atom stereocenters. The second-order valence-corrected chi connectivity index (χ2v) is 5.72. The lowest BCUT2D eigenvalue weighted by Gasteiger charge is -2.28. The van der Waals surface area contributed by atoms with Crippen molar-refractivity contribution < 1.29 is 14.7 Å². The Labute approximate surface area is 125 Å². The molecule has 100 valence electrons. The number of hydrogen-bond acceptors (Lipinski definition) is 3. The molecular weight excluding hydrogens is 357 g/mol. The van der Waals surface area contributed by atoms with E-state index >= 15 is 0 Å². The highest BCUT2D eigenvalue weighted by Gasteiger charge is 2.29. The summed E-state index contributed by atoms with van der Waals surface area (Å²) in [5.74, 6) is -2.73. The van der Waals surface area contributed by atoms with E-state index < -0.39 is 17.8 Å². The van der Waals surface area contributed by atoms with Gasteiger partial charge >= 0.3 is 0 Å². The summed E-state index contributed by atoms with van der Waals surface area (Å²) in [7, 11) is 0. The van der Waals surface area contributed by atoms with Gasteiger partial charge in [-0.3, -0.25) is 4.79 Å². The van der Waals surface area contributed by atoms with Crippen LogP contribution in [0.4, 0.5) is 5.69 Å². The summed E-state index contributed by atoms with van der Waals surface area (Å²) >= 11 is 2.18. The molecule has 1 aliphatic rings. The largest absolute Gasteiger partial charge is 0.550 e. The molecule has 1 aromatic carbocycles. The van der Waals surface area contributed by atoms with E-state index in [0.717, 1.165) is 3.57 Å². The van der Waals surface area contributed by atoms with Gasteiger partial charge in [0.15, 0.2) is 0 Å². The van der Waals surface area contributed by atoms with E-state index in [0.29, 0.717) is 18.5 Å². The van der Waals surface area contributed by atoms with Gasteiger partial charge in [0.25, 0.3) is 0 Å². The molecule has 0 heterocycles. The van der Waals surface area contributed by atoms with Crippen molar-refractivity contribution in [2.75, 3.05) is 5.32 Å². The van der Waals surface area contributed by atoms with Crippen molar-refractivity contribution in [3.63, 3.8) is 0 Å². The average molecular weight is 370 g/mol. The number of aliphatic carboxylic acids is 1. The quantitative estimate of drug-likeness (QED) is 0.649. The topological polar surface area (TPSA) is 69.2 Å². The van der Waals surface area contributed by atoms with Crippen LogP contribution in [0.5, 0.6) is 0 Å². The fraction of sp³-hybridized carbons (Fsp3) is 0.286. The van der Waals surface area contributed by atoms with Crippen molar-refractivity contribution >= 4 is 40.2 Å². The monoisotopic (exact) mass is 370 g/mol. The van der Waals surface area contributed by atoms with Gasteiger partial charge in [0.1, 0.15) is 0 Å². The first-order valence-electron chi connectivity index (χ1n) is 6.00. The Balaban J connectivity index is 2.08. The molecule has 0 spiro atoms. The number of carbonyl (C=O) groups is 2. The van der Waals surface area contributed by atoms with E-state index in [1.165, 1.54) is 0 Å². The Kier molecular flexibility index (Phi) is 4.57. The van der Waals surface area contributed by atoms with Crippen LogP contribution in [-0.4, -0.2) is 11.9 Å². The van der Waals surface area contributed by atoms with Gasteiger partial charge in [-0.25, -0.2) is 0 Å². The minimum Gasteiger partial charge on any atom is -0.550 e. The van der Waals surface area contributed by atoms with Crippen molar-refractivity contribution in [2.24, 2.45) is 11.8 Å². The van der Waals surface area contributed by atoms with E-state index in [1.54, 1.807) is 18.2 Å². The zero-order valence-corrected chi connectivity index (χ0v) is 12.3. The van der Waals surface area contributed by atoms with E-state index in [-0.39, 0.29) is 5.91 Å². The minimum absolute atomic E-state index is 0.264. The second-order valence-electron chi connectivity index (χ2n) is 4.47. The molecule has 4 nitrogen and oxygen atoms in total. The van der Waals surface area contributed by atoms with E-state index in [9.17, 15) is 14.7 Å². The number of benzene rings is 1. The number of rotatable bonds is 3. The lowest BCUT2D eigenvalue weighted by Crippen LogP contribution is -2.41. The summed E-state index contributed by atoms with van der Waals surface area (Å²) in [5, 5.41) is 13.8. The molecule has 0 saturated carbocycles. The maximum atomic E-state index is 12.1. The molecule has 0 aliphatic heterocycles. The van der Waals surface area contributed by atoms with Crippen LogP contribution in [0.2, 0.25) is 0 Å². The van der Waals surface area contributed by atoms with Gasteiger partial charge in [0, 0.05) is 21.1 Å². The summed E-state index contributed by atoms with van der Waals surface area (Å²) in [5.41, 5.74) is 0.678. The summed E-state index contributed by atoms with van der Waals surface area (Å²) in [6.07, 6.45) is 4.43. The molecule has 0 unspecified atom stereocenters. The first-order chi connectivity index (χ1) is 9.08. The van der Waals surface area contributed by atoms with Crippen LogP contribution in [0.3, 0.4) is 0 Å². The number of carboxylic acids is 1. The Morgan fingerprint density at radius 2 is 1.68 bits per heavy atom. The highest BCUT2D eigenvalue weighted by molar-refractivity contribution is 14.1.